The Morgan fingerprint density at radius 3 is 2.54 bits per heavy atom. The maximum absolute atomic E-state index is 13.8. The third-order valence-corrected chi connectivity index (χ3v) is 5.05. The van der Waals surface area contributed by atoms with Gasteiger partial charge in [-0.3, -0.25) is 4.79 Å². The molecule has 28 heavy (non-hydrogen) atoms. The van der Waals surface area contributed by atoms with Crippen LogP contribution in [0.5, 0.6) is 0 Å². The lowest BCUT2D eigenvalue weighted by Gasteiger charge is -2.26. The van der Waals surface area contributed by atoms with Gasteiger partial charge >= 0.3 is 0 Å². The molecule has 1 aliphatic rings. The lowest BCUT2D eigenvalue weighted by Crippen LogP contribution is -2.42. The van der Waals surface area contributed by atoms with E-state index in [1.807, 2.05) is 0 Å². The van der Waals surface area contributed by atoms with Gasteiger partial charge < -0.3 is 21.7 Å². The van der Waals surface area contributed by atoms with E-state index in [-0.39, 0.29) is 42.5 Å². The highest BCUT2D eigenvalue weighted by Crippen LogP contribution is 2.21. The molecular formula is C21H26F2N4O. The fourth-order valence-electron chi connectivity index (χ4n) is 3.64. The van der Waals surface area contributed by atoms with Crippen molar-refractivity contribution in [2.45, 2.75) is 37.4 Å². The number of hydrogen-bond donors (Lipinski definition) is 3. The van der Waals surface area contributed by atoms with E-state index in [4.69, 9.17) is 11.5 Å². The van der Waals surface area contributed by atoms with Crippen molar-refractivity contribution in [1.29, 1.82) is 0 Å². The molecule has 0 spiro atoms. The van der Waals surface area contributed by atoms with Crippen LogP contribution in [0.4, 0.5) is 14.5 Å². The number of likely N-dealkylation sites (tertiary alicyclic amines) is 1. The Bertz CT molecular complexity index is 816. The molecule has 3 atom stereocenters. The Hall–Kier alpha value is -2.51. The maximum Gasteiger partial charge on any atom is 0.224 e. The molecule has 0 bridgehead atoms. The molecule has 0 radical (unpaired) electrons. The minimum Gasteiger partial charge on any atom is -0.381 e. The minimum absolute atomic E-state index is 0.108. The standard InChI is InChI=1S/C21H26F2N4O/c22-18-6-2-1-5-14(18)9-15(24)11-21(28)27-13-16(25)10-17(27)12-26-20-8-4-3-7-19(20)23/h1-8,15-17,26H,9-13,24-25H2/t15-,16+,17+/m1/s1. The van der Waals surface area contributed by atoms with Gasteiger partial charge in [0.15, 0.2) is 0 Å². The zero-order valence-electron chi connectivity index (χ0n) is 15.7. The van der Waals surface area contributed by atoms with Crippen molar-refractivity contribution in [3.63, 3.8) is 0 Å². The number of halogens is 2. The highest BCUT2D eigenvalue weighted by Gasteiger charge is 2.33. The molecule has 150 valence electrons. The van der Waals surface area contributed by atoms with E-state index < -0.39 is 6.04 Å². The molecule has 7 heteroatoms. The highest BCUT2D eigenvalue weighted by molar-refractivity contribution is 5.77. The van der Waals surface area contributed by atoms with Gasteiger partial charge in [0.05, 0.1) is 11.7 Å². The number of hydrogen-bond acceptors (Lipinski definition) is 4. The number of carbonyl (C=O) groups is 1. The quantitative estimate of drug-likeness (QED) is 0.679. The van der Waals surface area contributed by atoms with Crippen LogP contribution >= 0.6 is 0 Å². The van der Waals surface area contributed by atoms with Gasteiger partial charge in [-0.05, 0) is 36.6 Å². The summed E-state index contributed by atoms with van der Waals surface area (Å²) in [5.41, 5.74) is 13.0. The third-order valence-electron chi connectivity index (χ3n) is 5.05. The number of nitrogens with one attached hydrogen (secondary N) is 1. The van der Waals surface area contributed by atoms with E-state index in [2.05, 4.69) is 5.32 Å². The van der Waals surface area contributed by atoms with Crippen molar-refractivity contribution in [2.24, 2.45) is 11.5 Å². The van der Waals surface area contributed by atoms with Crippen molar-refractivity contribution in [2.75, 3.05) is 18.4 Å². The highest BCUT2D eigenvalue weighted by atomic mass is 19.1. The number of rotatable bonds is 7. The molecule has 1 saturated heterocycles. The van der Waals surface area contributed by atoms with Crippen molar-refractivity contribution < 1.29 is 13.6 Å². The van der Waals surface area contributed by atoms with Crippen LogP contribution in [-0.4, -0.2) is 42.0 Å². The van der Waals surface area contributed by atoms with Crippen LogP contribution in [0, 0.1) is 11.6 Å². The molecule has 3 rings (SSSR count). The van der Waals surface area contributed by atoms with Crippen LogP contribution < -0.4 is 16.8 Å². The average Bonchev–Trinajstić information content (AvgIpc) is 3.04. The van der Waals surface area contributed by atoms with Gasteiger partial charge in [0.1, 0.15) is 11.6 Å². The Labute approximate surface area is 163 Å². The molecule has 0 aromatic heterocycles. The smallest absolute Gasteiger partial charge is 0.224 e. The van der Waals surface area contributed by atoms with Gasteiger partial charge in [0.25, 0.3) is 0 Å². The Kier molecular flexibility index (Phi) is 6.59. The van der Waals surface area contributed by atoms with Gasteiger partial charge in [0.2, 0.25) is 5.91 Å². The first kappa shape index (κ1) is 20.2. The zero-order valence-corrected chi connectivity index (χ0v) is 15.7. The molecule has 2 aromatic rings. The maximum atomic E-state index is 13.8. The topological polar surface area (TPSA) is 84.4 Å². The van der Waals surface area contributed by atoms with E-state index in [1.165, 1.54) is 12.1 Å². The molecule has 0 saturated carbocycles. The fraction of sp³-hybridized carbons (Fsp3) is 0.381. The second kappa shape index (κ2) is 9.12. The molecule has 1 fully saturated rings. The van der Waals surface area contributed by atoms with Gasteiger partial charge in [-0.15, -0.1) is 0 Å². The van der Waals surface area contributed by atoms with E-state index >= 15 is 0 Å². The van der Waals surface area contributed by atoms with Crippen LogP contribution in [-0.2, 0) is 11.2 Å². The average molecular weight is 388 g/mol. The summed E-state index contributed by atoms with van der Waals surface area (Å²) in [6, 6.07) is 12.1. The van der Waals surface area contributed by atoms with Gasteiger partial charge in [-0.2, -0.15) is 0 Å². The minimum atomic E-state index is -0.485. The first-order chi connectivity index (χ1) is 13.4. The van der Waals surface area contributed by atoms with E-state index in [0.717, 1.165) is 0 Å². The molecule has 5 N–H and O–H groups in total. The molecule has 0 unspecified atom stereocenters. The summed E-state index contributed by atoms with van der Waals surface area (Å²) >= 11 is 0. The number of anilines is 1. The lowest BCUT2D eigenvalue weighted by atomic mass is 10.0. The van der Waals surface area contributed by atoms with E-state index in [1.54, 1.807) is 41.3 Å². The number of benzene rings is 2. The van der Waals surface area contributed by atoms with E-state index in [0.29, 0.717) is 30.8 Å². The fourth-order valence-corrected chi connectivity index (χ4v) is 3.64. The summed E-state index contributed by atoms with van der Waals surface area (Å²) in [5.74, 6) is -0.771. The third kappa shape index (κ3) is 5.05. The summed E-state index contributed by atoms with van der Waals surface area (Å²) in [5, 5.41) is 3.06. The Morgan fingerprint density at radius 1 is 1.14 bits per heavy atom. The SMILES string of the molecule is N[C@@H](CC(=O)N1C[C@@H](N)C[C@H]1CNc1ccccc1F)Cc1ccccc1F. The summed E-state index contributed by atoms with van der Waals surface area (Å²) in [6.07, 6.45) is 1.03. The number of amides is 1. The summed E-state index contributed by atoms with van der Waals surface area (Å²) in [7, 11) is 0. The molecule has 2 aromatic carbocycles. The molecular weight excluding hydrogens is 362 g/mol. The largest absolute Gasteiger partial charge is 0.381 e. The number of nitrogens with two attached hydrogens (primary N) is 2. The predicted molar refractivity (Wildman–Crippen MR) is 106 cm³/mol. The van der Waals surface area contributed by atoms with Crippen molar-refractivity contribution >= 4 is 11.6 Å². The number of nitrogens with zero attached hydrogens (tertiary/aromatic N) is 1. The first-order valence-corrected chi connectivity index (χ1v) is 9.46. The predicted octanol–water partition coefficient (Wildman–Crippen LogP) is 2.27. The molecule has 1 aliphatic heterocycles. The van der Waals surface area contributed by atoms with E-state index in [9.17, 15) is 13.6 Å². The first-order valence-electron chi connectivity index (χ1n) is 9.46. The molecule has 1 heterocycles. The lowest BCUT2D eigenvalue weighted by molar-refractivity contribution is -0.132. The van der Waals surface area contributed by atoms with Crippen LogP contribution in [0.3, 0.4) is 0 Å². The van der Waals surface area contributed by atoms with Crippen LogP contribution in [0.2, 0.25) is 0 Å². The van der Waals surface area contributed by atoms with Gasteiger partial charge in [0, 0.05) is 31.6 Å². The second-order valence-corrected chi connectivity index (χ2v) is 7.32. The van der Waals surface area contributed by atoms with Crippen LogP contribution in [0.1, 0.15) is 18.4 Å². The molecule has 1 amide bonds. The molecule has 5 nitrogen and oxygen atoms in total. The van der Waals surface area contributed by atoms with Gasteiger partial charge in [-0.25, -0.2) is 8.78 Å². The van der Waals surface area contributed by atoms with Crippen LogP contribution in [0.25, 0.3) is 0 Å². The van der Waals surface area contributed by atoms with Crippen molar-refractivity contribution in [3.05, 3.63) is 65.7 Å². The summed E-state index contributed by atoms with van der Waals surface area (Å²) in [4.78, 5) is 14.5. The monoisotopic (exact) mass is 388 g/mol. The summed E-state index contributed by atoms with van der Waals surface area (Å²) < 4.78 is 27.6. The Balaban J connectivity index is 1.58. The second-order valence-electron chi connectivity index (χ2n) is 7.32. The Morgan fingerprint density at radius 2 is 1.82 bits per heavy atom. The summed E-state index contributed by atoms with van der Waals surface area (Å²) in [6.45, 7) is 0.845. The molecule has 0 aliphatic carbocycles. The van der Waals surface area contributed by atoms with Crippen LogP contribution in [0.15, 0.2) is 48.5 Å². The zero-order chi connectivity index (χ0) is 20.1. The van der Waals surface area contributed by atoms with Crippen molar-refractivity contribution in [1.82, 2.24) is 4.90 Å². The number of carbonyl (C=O) groups excluding carboxylic acids is 1. The number of para-hydroxylation sites is 1. The van der Waals surface area contributed by atoms with Gasteiger partial charge in [-0.1, -0.05) is 30.3 Å². The normalized spacial score (nSPS) is 20.2. The van der Waals surface area contributed by atoms with Crippen molar-refractivity contribution in [3.8, 4) is 0 Å².